The third kappa shape index (κ3) is 2.48. The van der Waals surface area contributed by atoms with Crippen LogP contribution in [-0.2, 0) is 16.0 Å². The predicted octanol–water partition coefficient (Wildman–Crippen LogP) is 1.95. The van der Waals surface area contributed by atoms with Crippen LogP contribution in [-0.4, -0.2) is 23.2 Å². The monoisotopic (exact) mass is 277 g/mol. The van der Waals surface area contributed by atoms with Gasteiger partial charge in [-0.25, -0.2) is 0 Å². The first-order valence-corrected chi connectivity index (χ1v) is 6.80. The zero-order valence-electron chi connectivity index (χ0n) is 11.7. The van der Waals surface area contributed by atoms with Gasteiger partial charge >= 0.3 is 5.97 Å². The van der Waals surface area contributed by atoms with Crippen molar-refractivity contribution in [3.05, 3.63) is 29.8 Å². The molecule has 1 aliphatic heterocycles. The van der Waals surface area contributed by atoms with E-state index in [9.17, 15) is 9.59 Å². The maximum absolute atomic E-state index is 11.7. The predicted molar refractivity (Wildman–Crippen MR) is 73.4 cm³/mol. The molecule has 1 heterocycles. The van der Waals surface area contributed by atoms with Crippen molar-refractivity contribution in [3.8, 4) is 5.75 Å². The lowest BCUT2D eigenvalue weighted by Gasteiger charge is -2.47. The number of rotatable bonds is 6. The highest BCUT2D eigenvalue weighted by atomic mass is 16.5. The van der Waals surface area contributed by atoms with Crippen LogP contribution in [0.5, 0.6) is 5.75 Å². The van der Waals surface area contributed by atoms with Crippen molar-refractivity contribution in [2.75, 3.05) is 0 Å². The summed E-state index contributed by atoms with van der Waals surface area (Å²) in [5, 5.41) is 11.5. The highest BCUT2D eigenvalue weighted by molar-refractivity contribution is 5.89. The topological polar surface area (TPSA) is 75.6 Å². The lowest BCUT2D eigenvalue weighted by atomic mass is 9.73. The molecule has 0 radical (unpaired) electrons. The number of aliphatic carboxylic acids is 1. The first-order chi connectivity index (χ1) is 9.51. The smallest absolute Gasteiger partial charge is 0.307 e. The van der Waals surface area contributed by atoms with E-state index in [1.807, 2.05) is 13.8 Å². The number of carboxylic acids is 1. The summed E-state index contributed by atoms with van der Waals surface area (Å²) in [6.45, 7) is 3.96. The van der Waals surface area contributed by atoms with E-state index >= 15 is 0 Å². The van der Waals surface area contributed by atoms with Gasteiger partial charge in [-0.15, -0.1) is 0 Å². The maximum atomic E-state index is 11.7. The molecule has 0 bridgehead atoms. The molecule has 1 aromatic rings. The van der Waals surface area contributed by atoms with E-state index in [2.05, 4.69) is 5.32 Å². The first-order valence-electron chi connectivity index (χ1n) is 6.80. The van der Waals surface area contributed by atoms with Gasteiger partial charge in [-0.1, -0.05) is 26.0 Å². The quantitative estimate of drug-likeness (QED) is 0.779. The molecule has 5 nitrogen and oxygen atoms in total. The molecule has 2 N–H and O–H groups in total. The Balaban J connectivity index is 2.04. The van der Waals surface area contributed by atoms with Crippen molar-refractivity contribution >= 4 is 11.9 Å². The second-order valence-corrected chi connectivity index (χ2v) is 5.05. The Kier molecular flexibility index (Phi) is 3.97. The number of benzene rings is 1. The van der Waals surface area contributed by atoms with Gasteiger partial charge < -0.3 is 15.2 Å². The van der Waals surface area contributed by atoms with Gasteiger partial charge in [0, 0.05) is 0 Å². The normalized spacial score (nSPS) is 19.9. The summed E-state index contributed by atoms with van der Waals surface area (Å²) >= 11 is 0. The number of carbonyl (C=O) groups is 2. The van der Waals surface area contributed by atoms with Gasteiger partial charge in [-0.05, 0) is 30.5 Å². The minimum Gasteiger partial charge on any atom is -0.481 e. The first kappa shape index (κ1) is 14.4. The largest absolute Gasteiger partial charge is 0.481 e. The van der Waals surface area contributed by atoms with Crippen LogP contribution in [0.15, 0.2) is 24.3 Å². The van der Waals surface area contributed by atoms with E-state index in [-0.39, 0.29) is 18.6 Å². The molecule has 0 aliphatic carbocycles. The number of carboxylic acid groups (broad SMARTS) is 1. The number of hydrogen-bond acceptors (Lipinski definition) is 3. The summed E-state index contributed by atoms with van der Waals surface area (Å²) in [4.78, 5) is 22.3. The number of ether oxygens (including phenoxy) is 1. The van der Waals surface area contributed by atoms with Gasteiger partial charge in [0.05, 0.1) is 6.42 Å². The summed E-state index contributed by atoms with van der Waals surface area (Å²) in [5.41, 5.74) is 0.277. The molecule has 1 aromatic carbocycles. The van der Waals surface area contributed by atoms with Crippen LogP contribution in [0.3, 0.4) is 0 Å². The Hall–Kier alpha value is -2.04. The molecule has 20 heavy (non-hydrogen) atoms. The van der Waals surface area contributed by atoms with Gasteiger partial charge in [0.25, 0.3) is 0 Å². The van der Waals surface area contributed by atoms with E-state index in [1.165, 1.54) is 0 Å². The Morgan fingerprint density at radius 3 is 2.35 bits per heavy atom. The fourth-order valence-corrected chi connectivity index (χ4v) is 2.52. The second-order valence-electron chi connectivity index (χ2n) is 5.05. The maximum Gasteiger partial charge on any atom is 0.307 e. The van der Waals surface area contributed by atoms with Crippen LogP contribution in [0.2, 0.25) is 0 Å². The van der Waals surface area contributed by atoms with Gasteiger partial charge in [-0.3, -0.25) is 9.59 Å². The Bertz CT molecular complexity index is 505. The molecular weight excluding hydrogens is 258 g/mol. The standard InChI is InChI=1S/C15H19NO4/c1-3-15(4-2)13(19)16-14(15)20-11-7-5-10(6-8-11)9-12(17)18/h5-8,14H,3-4,9H2,1-2H3,(H,16,19)(H,17,18)/t14-/m0/s1. The van der Waals surface area contributed by atoms with Crippen LogP contribution in [0.25, 0.3) is 0 Å². The molecule has 0 unspecified atom stereocenters. The number of carbonyl (C=O) groups excluding carboxylic acids is 1. The fraction of sp³-hybridized carbons (Fsp3) is 0.467. The van der Waals surface area contributed by atoms with Crippen LogP contribution in [0.4, 0.5) is 0 Å². The van der Waals surface area contributed by atoms with E-state index in [4.69, 9.17) is 9.84 Å². The minimum absolute atomic E-state index is 0.00565. The Morgan fingerprint density at radius 2 is 1.90 bits per heavy atom. The molecule has 0 spiro atoms. The Labute approximate surface area is 117 Å². The van der Waals surface area contributed by atoms with Gasteiger partial charge in [0.2, 0.25) is 5.91 Å². The molecule has 1 fully saturated rings. The average Bonchev–Trinajstić information content (AvgIpc) is 2.41. The van der Waals surface area contributed by atoms with Crippen LogP contribution >= 0.6 is 0 Å². The van der Waals surface area contributed by atoms with Crippen molar-refractivity contribution in [1.82, 2.24) is 5.32 Å². The van der Waals surface area contributed by atoms with Crippen molar-refractivity contribution < 1.29 is 19.4 Å². The minimum atomic E-state index is -0.860. The lowest BCUT2D eigenvalue weighted by Crippen LogP contribution is -2.69. The van der Waals surface area contributed by atoms with Crippen molar-refractivity contribution in [1.29, 1.82) is 0 Å². The molecule has 1 aliphatic rings. The molecule has 5 heteroatoms. The average molecular weight is 277 g/mol. The summed E-state index contributed by atoms with van der Waals surface area (Å²) in [6, 6.07) is 6.92. The highest BCUT2D eigenvalue weighted by Crippen LogP contribution is 2.39. The number of amides is 1. The van der Waals surface area contributed by atoms with E-state index in [1.54, 1.807) is 24.3 Å². The summed E-state index contributed by atoms with van der Waals surface area (Å²) in [5.74, 6) is -0.189. The molecule has 1 amide bonds. The van der Waals surface area contributed by atoms with Gasteiger partial charge in [-0.2, -0.15) is 0 Å². The van der Waals surface area contributed by atoms with E-state index in [0.717, 1.165) is 18.4 Å². The molecule has 2 rings (SSSR count). The molecule has 1 atom stereocenters. The fourth-order valence-electron chi connectivity index (χ4n) is 2.52. The summed E-state index contributed by atoms with van der Waals surface area (Å²) in [7, 11) is 0. The molecular formula is C15H19NO4. The number of hydrogen-bond donors (Lipinski definition) is 2. The van der Waals surface area contributed by atoms with Gasteiger partial charge in [0.1, 0.15) is 11.2 Å². The summed E-state index contributed by atoms with van der Waals surface area (Å²) < 4.78 is 5.80. The van der Waals surface area contributed by atoms with E-state index < -0.39 is 11.4 Å². The third-order valence-electron chi connectivity index (χ3n) is 4.01. The molecule has 1 saturated heterocycles. The van der Waals surface area contributed by atoms with Crippen molar-refractivity contribution in [2.24, 2.45) is 5.41 Å². The molecule has 108 valence electrons. The summed E-state index contributed by atoms with van der Waals surface area (Å²) in [6.07, 6.45) is 1.15. The zero-order chi connectivity index (χ0) is 14.8. The molecule has 0 aromatic heterocycles. The third-order valence-corrected chi connectivity index (χ3v) is 4.01. The number of β-lactam (4-membered cyclic amide) rings is 1. The highest BCUT2D eigenvalue weighted by Gasteiger charge is 2.54. The van der Waals surface area contributed by atoms with Crippen LogP contribution < -0.4 is 10.1 Å². The van der Waals surface area contributed by atoms with Crippen LogP contribution in [0.1, 0.15) is 32.3 Å². The number of nitrogens with one attached hydrogen (secondary N) is 1. The van der Waals surface area contributed by atoms with Crippen molar-refractivity contribution in [2.45, 2.75) is 39.3 Å². The van der Waals surface area contributed by atoms with Crippen molar-refractivity contribution in [3.63, 3.8) is 0 Å². The zero-order valence-corrected chi connectivity index (χ0v) is 11.7. The van der Waals surface area contributed by atoms with Gasteiger partial charge in [0.15, 0.2) is 6.23 Å². The Morgan fingerprint density at radius 1 is 1.30 bits per heavy atom. The van der Waals surface area contributed by atoms with E-state index in [0.29, 0.717) is 5.75 Å². The SMILES string of the molecule is CCC1(CC)C(=O)N[C@H]1Oc1ccc(CC(=O)O)cc1. The molecule has 0 saturated carbocycles. The second kappa shape index (κ2) is 5.53. The van der Waals surface area contributed by atoms with Crippen LogP contribution in [0, 0.1) is 5.41 Å². The lowest BCUT2D eigenvalue weighted by molar-refractivity contribution is -0.161.